The number of ether oxygens (including phenoxy) is 5. The van der Waals surface area contributed by atoms with E-state index in [1.54, 1.807) is 0 Å². The van der Waals surface area contributed by atoms with Gasteiger partial charge in [-0.25, -0.2) is 4.79 Å². The van der Waals surface area contributed by atoms with E-state index >= 15 is 0 Å². The molecule has 0 spiro atoms. The van der Waals surface area contributed by atoms with Crippen molar-refractivity contribution in [2.75, 3.05) is 13.2 Å². The number of esters is 3. The van der Waals surface area contributed by atoms with Gasteiger partial charge in [-0.1, -0.05) is 254 Å². The van der Waals surface area contributed by atoms with E-state index in [1.807, 2.05) is 6.08 Å². The van der Waals surface area contributed by atoms with E-state index in [9.17, 15) is 34.5 Å². The van der Waals surface area contributed by atoms with Crippen LogP contribution in [-0.4, -0.2) is 89.2 Å². The average molecular weight is 1140 g/mol. The second kappa shape index (κ2) is 56.4. The van der Waals surface area contributed by atoms with Gasteiger partial charge in [0.15, 0.2) is 24.6 Å². The Bertz CT molecular complexity index is 1730. The number of carbonyl (C=O) groups excluding carboxylic acids is 3. The number of carbonyl (C=O) groups is 4. The summed E-state index contributed by atoms with van der Waals surface area (Å²) in [5.41, 5.74) is 0. The fourth-order valence-electron chi connectivity index (χ4n) is 9.49. The van der Waals surface area contributed by atoms with Crippen molar-refractivity contribution in [3.05, 3.63) is 85.1 Å². The normalized spacial score (nSPS) is 18.3. The first kappa shape index (κ1) is 74.9. The van der Waals surface area contributed by atoms with Gasteiger partial charge in [-0.2, -0.15) is 0 Å². The topological polar surface area (TPSA) is 175 Å². The number of unbranched alkanes of at least 4 members (excludes halogenated alkanes) is 27. The number of aliphatic hydroxyl groups is 2. The molecule has 0 aromatic carbocycles. The van der Waals surface area contributed by atoms with E-state index in [0.717, 1.165) is 109 Å². The maximum Gasteiger partial charge on any atom is 0.335 e. The zero-order chi connectivity index (χ0) is 58.9. The Kier molecular flexibility index (Phi) is 52.1. The number of allylic oxidation sites excluding steroid dienone is 14. The maximum absolute atomic E-state index is 13.2. The lowest BCUT2D eigenvalue weighted by Gasteiger charge is -2.40. The van der Waals surface area contributed by atoms with E-state index in [4.69, 9.17) is 23.7 Å². The third kappa shape index (κ3) is 46.0. The van der Waals surface area contributed by atoms with Gasteiger partial charge in [0, 0.05) is 19.3 Å². The molecule has 12 heteroatoms. The number of carboxylic acid groups (broad SMARTS) is 1. The molecule has 81 heavy (non-hydrogen) atoms. The minimum absolute atomic E-state index is 0.0446. The van der Waals surface area contributed by atoms with Gasteiger partial charge in [-0.05, 0) is 89.9 Å². The van der Waals surface area contributed by atoms with Gasteiger partial charge >= 0.3 is 23.9 Å². The highest BCUT2D eigenvalue weighted by atomic mass is 16.7. The third-order valence-electron chi connectivity index (χ3n) is 14.5. The molecular formula is C69H116O12. The summed E-state index contributed by atoms with van der Waals surface area (Å²) in [7, 11) is 0. The van der Waals surface area contributed by atoms with Crippen LogP contribution in [0.25, 0.3) is 0 Å². The number of aliphatic carboxylic acids is 1. The third-order valence-corrected chi connectivity index (χ3v) is 14.5. The minimum Gasteiger partial charge on any atom is -0.479 e. The molecule has 0 aromatic heterocycles. The van der Waals surface area contributed by atoms with Gasteiger partial charge in [0.25, 0.3) is 0 Å². The SMILES string of the molecule is CC/C=C\C/C=C\C/C=C\C/C=C\C/C=C\CCCC(=O)OCC(COC1OC(C(=O)O)C(O)C(O)C1OC(=O)CCCCCCCCC/C=C\C/C=C\CCCCC)OC(=O)CCCCCCCCCCCCCCCCCCC. The average Bonchev–Trinajstić information content (AvgIpc) is 3.53. The van der Waals surface area contributed by atoms with Crippen molar-refractivity contribution < 1.29 is 58.2 Å². The predicted octanol–water partition coefficient (Wildman–Crippen LogP) is 17.5. The minimum atomic E-state index is -1.92. The standard InChI is InChI=1S/C69H116O12/c1-4-7-10-13-16-19-22-25-28-31-34-37-40-43-46-49-52-55-61(70)77-58-60(79-62(71)56-53-50-47-44-41-38-35-32-29-26-23-20-17-14-11-8-5-2)59-78-69-67(65(74)64(73)66(81-69)68(75)76)80-63(72)57-54-51-48-45-42-39-36-33-30-27-24-21-18-15-12-9-6-3/h7,10,16,18-19,21,25,27-28,30,34,37,43,46,60,64-67,69,73-74H,4-6,8-9,11-15,17,20,22-24,26,29,31-33,35-36,38-42,44-45,47-59H2,1-3H3,(H,75,76)/b10-7-,19-16-,21-18-,28-25-,30-27-,37-34-,46-43-. The van der Waals surface area contributed by atoms with Crippen molar-refractivity contribution in [2.45, 2.75) is 314 Å². The number of carboxylic acids is 1. The first-order valence-corrected chi connectivity index (χ1v) is 32.6. The van der Waals surface area contributed by atoms with Crippen LogP contribution in [0.2, 0.25) is 0 Å². The molecule has 1 aliphatic rings. The molecule has 1 saturated heterocycles. The molecule has 1 heterocycles. The first-order chi connectivity index (χ1) is 39.6. The van der Waals surface area contributed by atoms with E-state index in [2.05, 4.69) is 99.8 Å². The van der Waals surface area contributed by atoms with Gasteiger partial charge < -0.3 is 39.0 Å². The molecule has 1 rings (SSSR count). The van der Waals surface area contributed by atoms with Crippen LogP contribution in [-0.2, 0) is 42.9 Å². The smallest absolute Gasteiger partial charge is 0.335 e. The molecule has 0 radical (unpaired) electrons. The summed E-state index contributed by atoms with van der Waals surface area (Å²) < 4.78 is 28.5. The molecule has 1 fully saturated rings. The Balaban J connectivity index is 2.70. The monoisotopic (exact) mass is 1140 g/mol. The molecule has 464 valence electrons. The van der Waals surface area contributed by atoms with Crippen molar-refractivity contribution >= 4 is 23.9 Å². The van der Waals surface area contributed by atoms with Crippen LogP contribution in [0, 0.1) is 0 Å². The Labute approximate surface area is 492 Å². The highest BCUT2D eigenvalue weighted by molar-refractivity contribution is 5.74. The molecule has 6 atom stereocenters. The van der Waals surface area contributed by atoms with Gasteiger partial charge in [-0.3, -0.25) is 14.4 Å². The lowest BCUT2D eigenvalue weighted by atomic mass is 9.98. The molecule has 6 unspecified atom stereocenters. The Morgan fingerprint density at radius 1 is 0.420 bits per heavy atom. The van der Waals surface area contributed by atoms with Gasteiger partial charge in [0.2, 0.25) is 0 Å². The molecule has 0 aliphatic carbocycles. The summed E-state index contributed by atoms with van der Waals surface area (Å²) in [6, 6.07) is 0. The molecule has 1 aliphatic heterocycles. The van der Waals surface area contributed by atoms with E-state index in [0.29, 0.717) is 25.7 Å². The largest absolute Gasteiger partial charge is 0.479 e. The summed E-state index contributed by atoms with van der Waals surface area (Å²) in [5, 5.41) is 31.6. The maximum atomic E-state index is 13.2. The fraction of sp³-hybridized carbons (Fsp3) is 0.739. The van der Waals surface area contributed by atoms with E-state index in [1.165, 1.54) is 103 Å². The van der Waals surface area contributed by atoms with Crippen LogP contribution >= 0.6 is 0 Å². The molecular weight excluding hydrogens is 1020 g/mol. The Morgan fingerprint density at radius 2 is 0.790 bits per heavy atom. The van der Waals surface area contributed by atoms with Crippen molar-refractivity contribution in [3.63, 3.8) is 0 Å². The van der Waals surface area contributed by atoms with Crippen LogP contribution in [0.3, 0.4) is 0 Å². The van der Waals surface area contributed by atoms with Crippen molar-refractivity contribution in [2.24, 2.45) is 0 Å². The number of hydrogen-bond donors (Lipinski definition) is 3. The lowest BCUT2D eigenvalue weighted by molar-refractivity contribution is -0.301. The van der Waals surface area contributed by atoms with Crippen LogP contribution < -0.4 is 0 Å². The molecule has 3 N–H and O–H groups in total. The highest BCUT2D eigenvalue weighted by Crippen LogP contribution is 2.27. The van der Waals surface area contributed by atoms with Gasteiger partial charge in [0.1, 0.15) is 18.8 Å². The van der Waals surface area contributed by atoms with Crippen LogP contribution in [0.5, 0.6) is 0 Å². The summed E-state index contributed by atoms with van der Waals surface area (Å²) >= 11 is 0. The van der Waals surface area contributed by atoms with Crippen molar-refractivity contribution in [3.8, 4) is 0 Å². The van der Waals surface area contributed by atoms with Crippen LogP contribution in [0.4, 0.5) is 0 Å². The van der Waals surface area contributed by atoms with Crippen LogP contribution in [0.15, 0.2) is 85.1 Å². The predicted molar refractivity (Wildman–Crippen MR) is 331 cm³/mol. The van der Waals surface area contributed by atoms with Crippen LogP contribution in [0.1, 0.15) is 278 Å². The summed E-state index contributed by atoms with van der Waals surface area (Å²) in [5.74, 6) is -3.20. The quantitative estimate of drug-likeness (QED) is 0.0228. The molecule has 0 bridgehead atoms. The van der Waals surface area contributed by atoms with Crippen molar-refractivity contribution in [1.82, 2.24) is 0 Å². The summed E-state index contributed by atoms with van der Waals surface area (Å²) in [4.78, 5) is 51.3. The number of aliphatic hydroxyl groups excluding tert-OH is 2. The Hall–Kier alpha value is -4.10. The van der Waals surface area contributed by atoms with E-state index in [-0.39, 0.29) is 25.9 Å². The second-order valence-corrected chi connectivity index (χ2v) is 22.0. The van der Waals surface area contributed by atoms with Gasteiger partial charge in [-0.15, -0.1) is 0 Å². The lowest BCUT2D eigenvalue weighted by Crippen LogP contribution is -2.61. The zero-order valence-corrected chi connectivity index (χ0v) is 51.3. The first-order valence-electron chi connectivity index (χ1n) is 32.6. The Morgan fingerprint density at radius 3 is 1.25 bits per heavy atom. The fourth-order valence-corrected chi connectivity index (χ4v) is 9.49. The number of hydrogen-bond acceptors (Lipinski definition) is 11. The molecule has 0 aromatic rings. The number of rotatable bonds is 55. The second-order valence-electron chi connectivity index (χ2n) is 22.0. The summed E-state index contributed by atoms with van der Waals surface area (Å²) in [6.07, 6.45) is 61.1. The van der Waals surface area contributed by atoms with Gasteiger partial charge in [0.05, 0.1) is 6.61 Å². The molecule has 0 saturated carbocycles. The molecule has 12 nitrogen and oxygen atoms in total. The highest BCUT2D eigenvalue weighted by Gasteiger charge is 2.50. The zero-order valence-electron chi connectivity index (χ0n) is 51.3. The molecule has 0 amide bonds. The van der Waals surface area contributed by atoms with Crippen molar-refractivity contribution in [1.29, 1.82) is 0 Å². The summed E-state index contributed by atoms with van der Waals surface area (Å²) in [6.45, 7) is 5.84. The van der Waals surface area contributed by atoms with E-state index < -0.39 is 67.3 Å².